The molecule has 1 amide bonds. The molecule has 1 rings (SSSR count). The number of carbonyl (C=O) groups is 1. The van der Waals surface area contributed by atoms with Crippen LogP contribution < -0.4 is 15.4 Å². The third-order valence-corrected chi connectivity index (χ3v) is 1.90. The SMILES string of the molecule is CCCNC(=O)CNc1nccc(OCC)n1. The first kappa shape index (κ1) is 13.2. The number of hydrogen-bond donors (Lipinski definition) is 2. The van der Waals surface area contributed by atoms with Crippen molar-refractivity contribution in [3.8, 4) is 5.88 Å². The summed E-state index contributed by atoms with van der Waals surface area (Å²) in [5.74, 6) is 0.818. The number of nitrogens with zero attached hydrogens (tertiary/aromatic N) is 2. The third kappa shape index (κ3) is 5.14. The molecule has 94 valence electrons. The highest BCUT2D eigenvalue weighted by Gasteiger charge is 2.02. The van der Waals surface area contributed by atoms with Gasteiger partial charge in [0.1, 0.15) is 0 Å². The highest BCUT2D eigenvalue weighted by atomic mass is 16.5. The van der Waals surface area contributed by atoms with E-state index in [1.807, 2.05) is 13.8 Å². The molecule has 0 saturated carbocycles. The van der Waals surface area contributed by atoms with E-state index in [0.29, 0.717) is 25.0 Å². The van der Waals surface area contributed by atoms with Gasteiger partial charge in [-0.1, -0.05) is 6.92 Å². The van der Waals surface area contributed by atoms with Crippen LogP contribution in [0.5, 0.6) is 5.88 Å². The summed E-state index contributed by atoms with van der Waals surface area (Å²) < 4.78 is 5.23. The third-order valence-electron chi connectivity index (χ3n) is 1.90. The summed E-state index contributed by atoms with van der Waals surface area (Å²) in [5.41, 5.74) is 0. The Labute approximate surface area is 101 Å². The van der Waals surface area contributed by atoms with E-state index in [1.54, 1.807) is 12.3 Å². The minimum absolute atomic E-state index is 0.0720. The topological polar surface area (TPSA) is 76.1 Å². The molecule has 6 nitrogen and oxygen atoms in total. The molecule has 17 heavy (non-hydrogen) atoms. The maximum absolute atomic E-state index is 11.3. The second-order valence-corrected chi connectivity index (χ2v) is 3.36. The lowest BCUT2D eigenvalue weighted by Crippen LogP contribution is -2.30. The minimum Gasteiger partial charge on any atom is -0.478 e. The van der Waals surface area contributed by atoms with Crippen LogP contribution in [0, 0.1) is 0 Å². The smallest absolute Gasteiger partial charge is 0.239 e. The fourth-order valence-electron chi connectivity index (χ4n) is 1.14. The highest BCUT2D eigenvalue weighted by Crippen LogP contribution is 2.07. The van der Waals surface area contributed by atoms with E-state index in [9.17, 15) is 4.79 Å². The first-order valence-electron chi connectivity index (χ1n) is 5.72. The Morgan fingerprint density at radius 2 is 2.29 bits per heavy atom. The Morgan fingerprint density at radius 3 is 3.00 bits per heavy atom. The molecule has 0 atom stereocenters. The van der Waals surface area contributed by atoms with Crippen LogP contribution in [-0.2, 0) is 4.79 Å². The molecule has 0 aliphatic heterocycles. The van der Waals surface area contributed by atoms with Crippen LogP contribution in [0.2, 0.25) is 0 Å². The molecule has 2 N–H and O–H groups in total. The van der Waals surface area contributed by atoms with Crippen LogP contribution in [0.1, 0.15) is 20.3 Å². The van der Waals surface area contributed by atoms with Gasteiger partial charge in [-0.15, -0.1) is 0 Å². The average molecular weight is 238 g/mol. The summed E-state index contributed by atoms with van der Waals surface area (Å²) in [6.45, 7) is 5.28. The maximum atomic E-state index is 11.3. The molecule has 0 spiro atoms. The van der Waals surface area contributed by atoms with E-state index in [4.69, 9.17) is 4.74 Å². The molecule has 1 aromatic heterocycles. The lowest BCUT2D eigenvalue weighted by atomic mass is 10.4. The van der Waals surface area contributed by atoms with Crippen LogP contribution in [0.15, 0.2) is 12.3 Å². The van der Waals surface area contributed by atoms with Crippen molar-refractivity contribution < 1.29 is 9.53 Å². The van der Waals surface area contributed by atoms with Gasteiger partial charge in [0.2, 0.25) is 17.7 Å². The molecule has 0 aliphatic rings. The zero-order valence-electron chi connectivity index (χ0n) is 10.2. The average Bonchev–Trinajstić information content (AvgIpc) is 2.35. The van der Waals surface area contributed by atoms with Crippen LogP contribution in [0.4, 0.5) is 5.95 Å². The van der Waals surface area contributed by atoms with E-state index in [-0.39, 0.29) is 12.5 Å². The maximum Gasteiger partial charge on any atom is 0.239 e. The summed E-state index contributed by atoms with van der Waals surface area (Å²) in [5, 5.41) is 5.59. The van der Waals surface area contributed by atoms with Crippen LogP contribution in [-0.4, -0.2) is 35.6 Å². The van der Waals surface area contributed by atoms with Crippen molar-refractivity contribution >= 4 is 11.9 Å². The first-order chi connectivity index (χ1) is 8.26. The van der Waals surface area contributed by atoms with Gasteiger partial charge in [0, 0.05) is 18.8 Å². The van der Waals surface area contributed by atoms with E-state index < -0.39 is 0 Å². The summed E-state index contributed by atoms with van der Waals surface area (Å²) in [6, 6.07) is 1.67. The molecule has 0 fully saturated rings. The standard InChI is InChI=1S/C11H18N4O2/c1-3-6-12-9(16)8-14-11-13-7-5-10(15-11)17-4-2/h5,7H,3-4,6,8H2,1-2H3,(H,12,16)(H,13,14,15). The Bertz CT molecular complexity index is 357. The molecular formula is C11H18N4O2. The second kappa shape index (κ2) is 7.43. The molecule has 0 radical (unpaired) electrons. The van der Waals surface area contributed by atoms with Gasteiger partial charge in [-0.3, -0.25) is 4.79 Å². The monoisotopic (exact) mass is 238 g/mol. The van der Waals surface area contributed by atoms with Gasteiger partial charge in [0.25, 0.3) is 0 Å². The fraction of sp³-hybridized carbons (Fsp3) is 0.545. The molecule has 1 heterocycles. The van der Waals surface area contributed by atoms with Crippen LogP contribution in [0.25, 0.3) is 0 Å². The predicted octanol–water partition coefficient (Wildman–Crippen LogP) is 0.813. The Hall–Kier alpha value is -1.85. The van der Waals surface area contributed by atoms with Gasteiger partial charge >= 0.3 is 0 Å². The molecule has 1 aromatic rings. The van der Waals surface area contributed by atoms with Crippen molar-refractivity contribution in [2.45, 2.75) is 20.3 Å². The van der Waals surface area contributed by atoms with Crippen molar-refractivity contribution in [1.29, 1.82) is 0 Å². The molecule has 6 heteroatoms. The number of rotatable bonds is 7. The van der Waals surface area contributed by atoms with E-state index in [0.717, 1.165) is 6.42 Å². The van der Waals surface area contributed by atoms with E-state index in [1.165, 1.54) is 0 Å². The Kier molecular flexibility index (Phi) is 5.77. The zero-order chi connectivity index (χ0) is 12.5. The second-order valence-electron chi connectivity index (χ2n) is 3.36. The largest absolute Gasteiger partial charge is 0.478 e. The van der Waals surface area contributed by atoms with Gasteiger partial charge in [0.15, 0.2) is 0 Å². The van der Waals surface area contributed by atoms with Crippen LogP contribution >= 0.6 is 0 Å². The molecule has 0 unspecified atom stereocenters. The van der Waals surface area contributed by atoms with Crippen molar-refractivity contribution in [1.82, 2.24) is 15.3 Å². The number of nitrogens with one attached hydrogen (secondary N) is 2. The number of anilines is 1. The Morgan fingerprint density at radius 1 is 1.47 bits per heavy atom. The summed E-state index contributed by atoms with van der Waals surface area (Å²) in [7, 11) is 0. The lowest BCUT2D eigenvalue weighted by molar-refractivity contribution is -0.119. The molecule has 0 aliphatic carbocycles. The van der Waals surface area contributed by atoms with Crippen LogP contribution in [0.3, 0.4) is 0 Å². The summed E-state index contributed by atoms with van der Waals surface area (Å²) in [6.07, 6.45) is 2.51. The summed E-state index contributed by atoms with van der Waals surface area (Å²) in [4.78, 5) is 19.4. The lowest BCUT2D eigenvalue weighted by Gasteiger charge is -2.06. The predicted molar refractivity (Wildman–Crippen MR) is 65.0 cm³/mol. The van der Waals surface area contributed by atoms with Crippen molar-refractivity contribution in [2.24, 2.45) is 0 Å². The summed E-state index contributed by atoms with van der Waals surface area (Å²) >= 11 is 0. The molecule has 0 bridgehead atoms. The zero-order valence-corrected chi connectivity index (χ0v) is 10.2. The molecular weight excluding hydrogens is 220 g/mol. The fourth-order valence-corrected chi connectivity index (χ4v) is 1.14. The van der Waals surface area contributed by atoms with E-state index in [2.05, 4.69) is 20.6 Å². The normalized spacial score (nSPS) is 9.76. The highest BCUT2D eigenvalue weighted by molar-refractivity contribution is 5.80. The number of amides is 1. The molecule has 0 aromatic carbocycles. The number of ether oxygens (including phenoxy) is 1. The van der Waals surface area contributed by atoms with Gasteiger partial charge in [-0.25, -0.2) is 4.98 Å². The van der Waals surface area contributed by atoms with Gasteiger partial charge in [0.05, 0.1) is 13.2 Å². The number of carbonyl (C=O) groups excluding carboxylic acids is 1. The van der Waals surface area contributed by atoms with Gasteiger partial charge < -0.3 is 15.4 Å². The van der Waals surface area contributed by atoms with Gasteiger partial charge in [-0.2, -0.15) is 4.98 Å². The quantitative estimate of drug-likeness (QED) is 0.735. The van der Waals surface area contributed by atoms with Crippen molar-refractivity contribution in [2.75, 3.05) is 25.0 Å². The number of hydrogen-bond acceptors (Lipinski definition) is 5. The first-order valence-corrected chi connectivity index (χ1v) is 5.72. The Balaban J connectivity index is 2.40. The van der Waals surface area contributed by atoms with Crippen molar-refractivity contribution in [3.05, 3.63) is 12.3 Å². The van der Waals surface area contributed by atoms with E-state index >= 15 is 0 Å². The molecule has 0 saturated heterocycles. The van der Waals surface area contributed by atoms with Crippen molar-refractivity contribution in [3.63, 3.8) is 0 Å². The van der Waals surface area contributed by atoms with Gasteiger partial charge in [-0.05, 0) is 13.3 Å². The minimum atomic E-state index is -0.0720. The number of aromatic nitrogens is 2.